The zero-order chi connectivity index (χ0) is 11.1. The summed E-state index contributed by atoms with van der Waals surface area (Å²) in [5, 5.41) is 0.933. The first-order valence-corrected chi connectivity index (χ1v) is 4.87. The molecule has 0 unspecified atom stereocenters. The molecule has 0 fully saturated rings. The first-order chi connectivity index (χ1) is 7.79. The molecule has 0 saturated carbocycles. The molecule has 0 spiro atoms. The lowest BCUT2D eigenvalue weighted by Crippen LogP contribution is -2.04. The van der Waals surface area contributed by atoms with Crippen molar-refractivity contribution < 1.29 is 9.53 Å². The van der Waals surface area contributed by atoms with Crippen molar-refractivity contribution >= 4 is 22.7 Å². The van der Waals surface area contributed by atoms with E-state index in [2.05, 4.69) is 9.98 Å². The van der Waals surface area contributed by atoms with Crippen LogP contribution in [0.25, 0.3) is 10.9 Å². The van der Waals surface area contributed by atoms with Crippen LogP contribution in [0.5, 0.6) is 0 Å². The van der Waals surface area contributed by atoms with Crippen molar-refractivity contribution in [2.24, 2.45) is 4.99 Å². The highest BCUT2D eigenvalue weighted by Gasteiger charge is 2.26. The number of carbonyl (C=O) groups is 1. The minimum atomic E-state index is -0.287. The molecule has 4 heteroatoms. The molecule has 0 N–H and O–H groups in total. The summed E-state index contributed by atoms with van der Waals surface area (Å²) in [5.74, 6) is 0.0101. The number of methoxy groups -OCH3 is 1. The minimum absolute atomic E-state index is 0.287. The highest BCUT2D eigenvalue weighted by atomic mass is 16.5. The maximum absolute atomic E-state index is 11.6. The van der Waals surface area contributed by atoms with Crippen LogP contribution in [0, 0.1) is 0 Å². The third-order valence-corrected chi connectivity index (χ3v) is 2.55. The second kappa shape index (κ2) is 3.13. The van der Waals surface area contributed by atoms with Crippen LogP contribution >= 0.6 is 0 Å². The molecule has 1 aromatic carbocycles. The largest absolute Gasteiger partial charge is 0.479 e. The molecule has 1 aliphatic heterocycles. The Morgan fingerprint density at radius 2 is 2.06 bits per heavy atom. The Morgan fingerprint density at radius 3 is 2.88 bits per heavy atom. The van der Waals surface area contributed by atoms with Crippen LogP contribution in [-0.2, 0) is 4.74 Å². The summed E-state index contributed by atoms with van der Waals surface area (Å²) >= 11 is 0. The smallest absolute Gasteiger partial charge is 0.282 e. The number of pyridine rings is 1. The van der Waals surface area contributed by atoms with E-state index in [1.54, 1.807) is 6.07 Å². The zero-order valence-corrected chi connectivity index (χ0v) is 8.60. The second-order valence-electron chi connectivity index (χ2n) is 3.50. The van der Waals surface area contributed by atoms with Crippen LogP contribution in [0.2, 0.25) is 0 Å². The fraction of sp³-hybridized carbons (Fsp3) is 0.0833. The Bertz CT molecular complexity index is 632. The Hall–Kier alpha value is -2.23. The highest BCUT2D eigenvalue weighted by Crippen LogP contribution is 2.22. The van der Waals surface area contributed by atoms with Crippen LogP contribution in [0.1, 0.15) is 16.1 Å². The van der Waals surface area contributed by atoms with Gasteiger partial charge in [0.1, 0.15) is 5.69 Å². The summed E-state index contributed by atoms with van der Waals surface area (Å²) in [7, 11) is 1.48. The summed E-state index contributed by atoms with van der Waals surface area (Å²) in [6.45, 7) is 0. The Morgan fingerprint density at radius 1 is 1.25 bits per heavy atom. The molecular formula is C12H8N2O2. The predicted octanol–water partition coefficient (Wildman–Crippen LogP) is 1.78. The minimum Gasteiger partial charge on any atom is -0.479 e. The van der Waals surface area contributed by atoms with Crippen LogP contribution in [-0.4, -0.2) is 23.9 Å². The van der Waals surface area contributed by atoms with Gasteiger partial charge in [-0.3, -0.25) is 4.79 Å². The van der Waals surface area contributed by atoms with E-state index in [-0.39, 0.29) is 5.91 Å². The van der Waals surface area contributed by atoms with Gasteiger partial charge in [0, 0.05) is 5.39 Å². The Kier molecular flexibility index (Phi) is 1.77. The van der Waals surface area contributed by atoms with Gasteiger partial charge in [0.05, 0.1) is 18.2 Å². The number of aliphatic imine (C=N–C) groups is 1. The van der Waals surface area contributed by atoms with E-state index in [1.807, 2.05) is 24.3 Å². The van der Waals surface area contributed by atoms with Gasteiger partial charge in [0.25, 0.3) is 5.91 Å². The number of para-hydroxylation sites is 1. The van der Waals surface area contributed by atoms with Gasteiger partial charge in [-0.25, -0.2) is 4.98 Å². The molecular weight excluding hydrogens is 204 g/mol. The van der Waals surface area contributed by atoms with Crippen molar-refractivity contribution in [1.82, 2.24) is 4.98 Å². The summed E-state index contributed by atoms with van der Waals surface area (Å²) < 4.78 is 5.02. The van der Waals surface area contributed by atoms with E-state index in [1.165, 1.54) is 7.11 Å². The Labute approximate surface area is 91.6 Å². The fourth-order valence-electron chi connectivity index (χ4n) is 1.79. The molecule has 0 radical (unpaired) electrons. The van der Waals surface area contributed by atoms with Crippen molar-refractivity contribution in [3.8, 4) is 0 Å². The summed E-state index contributed by atoms with van der Waals surface area (Å²) in [4.78, 5) is 19.7. The van der Waals surface area contributed by atoms with E-state index in [9.17, 15) is 4.79 Å². The molecule has 0 atom stereocenters. The molecule has 0 bridgehead atoms. The molecule has 2 heterocycles. The number of ether oxygens (including phenoxy) is 1. The van der Waals surface area contributed by atoms with E-state index < -0.39 is 0 Å². The topological polar surface area (TPSA) is 51.5 Å². The summed E-state index contributed by atoms with van der Waals surface area (Å²) in [5.41, 5.74) is 1.88. The highest BCUT2D eigenvalue weighted by molar-refractivity contribution is 6.18. The van der Waals surface area contributed by atoms with Gasteiger partial charge in [-0.05, 0) is 12.1 Å². The number of amides is 1. The van der Waals surface area contributed by atoms with Crippen LogP contribution < -0.4 is 0 Å². The monoisotopic (exact) mass is 212 g/mol. The van der Waals surface area contributed by atoms with Crippen LogP contribution in [0.4, 0.5) is 0 Å². The average molecular weight is 212 g/mol. The lowest BCUT2D eigenvalue weighted by molar-refractivity contribution is 0.100. The normalized spacial score (nSPS) is 13.8. The molecule has 0 saturated heterocycles. The Balaban J connectivity index is 2.34. The van der Waals surface area contributed by atoms with Gasteiger partial charge in [0.15, 0.2) is 0 Å². The van der Waals surface area contributed by atoms with Gasteiger partial charge < -0.3 is 4.74 Å². The number of rotatable bonds is 0. The van der Waals surface area contributed by atoms with Gasteiger partial charge in [-0.15, -0.1) is 0 Å². The van der Waals surface area contributed by atoms with Gasteiger partial charge in [-0.1, -0.05) is 18.2 Å². The number of fused-ring (bicyclic) bond motifs is 2. The molecule has 1 aliphatic rings. The molecule has 16 heavy (non-hydrogen) atoms. The van der Waals surface area contributed by atoms with Crippen LogP contribution in [0.3, 0.4) is 0 Å². The van der Waals surface area contributed by atoms with E-state index in [0.29, 0.717) is 17.2 Å². The molecule has 1 aromatic heterocycles. The molecule has 1 amide bonds. The SMILES string of the molecule is COC1=NC(=O)c2cc3ccccc3nc21. The third kappa shape index (κ3) is 1.13. The van der Waals surface area contributed by atoms with Gasteiger partial charge >= 0.3 is 0 Å². The number of hydrogen-bond donors (Lipinski definition) is 0. The lowest BCUT2D eigenvalue weighted by Gasteiger charge is -2.02. The standard InChI is InChI=1S/C12H8N2O2/c1-16-12-10-8(11(15)14-12)6-7-4-2-3-5-9(7)13-10/h2-6H,1H3. The van der Waals surface area contributed by atoms with Crippen molar-refractivity contribution in [3.63, 3.8) is 0 Å². The lowest BCUT2D eigenvalue weighted by atomic mass is 10.1. The second-order valence-corrected chi connectivity index (χ2v) is 3.50. The van der Waals surface area contributed by atoms with Gasteiger partial charge in [-0.2, -0.15) is 4.99 Å². The van der Waals surface area contributed by atoms with Crippen LogP contribution in [0.15, 0.2) is 35.3 Å². The van der Waals surface area contributed by atoms with Crippen molar-refractivity contribution in [1.29, 1.82) is 0 Å². The molecule has 2 aromatic rings. The van der Waals surface area contributed by atoms with E-state index in [4.69, 9.17) is 4.74 Å². The molecule has 78 valence electrons. The van der Waals surface area contributed by atoms with Crippen molar-refractivity contribution in [2.75, 3.05) is 7.11 Å². The number of carbonyl (C=O) groups excluding carboxylic acids is 1. The summed E-state index contributed by atoms with van der Waals surface area (Å²) in [6, 6.07) is 9.43. The maximum atomic E-state index is 11.6. The number of aromatic nitrogens is 1. The van der Waals surface area contributed by atoms with Gasteiger partial charge in [0.2, 0.25) is 5.90 Å². The third-order valence-electron chi connectivity index (χ3n) is 2.55. The number of hydrogen-bond acceptors (Lipinski definition) is 3. The fourth-order valence-corrected chi connectivity index (χ4v) is 1.79. The molecule has 3 rings (SSSR count). The van der Waals surface area contributed by atoms with E-state index >= 15 is 0 Å². The number of nitrogens with zero attached hydrogens (tertiary/aromatic N) is 2. The molecule has 4 nitrogen and oxygen atoms in total. The molecule has 0 aliphatic carbocycles. The average Bonchev–Trinajstić information content (AvgIpc) is 2.63. The maximum Gasteiger partial charge on any atom is 0.282 e. The summed E-state index contributed by atoms with van der Waals surface area (Å²) in [6.07, 6.45) is 0. The quantitative estimate of drug-likeness (QED) is 0.668. The first kappa shape index (κ1) is 9.03. The first-order valence-electron chi connectivity index (χ1n) is 4.87. The van der Waals surface area contributed by atoms with Crippen molar-refractivity contribution in [3.05, 3.63) is 41.6 Å². The number of benzene rings is 1. The van der Waals surface area contributed by atoms with Crippen molar-refractivity contribution in [2.45, 2.75) is 0 Å². The van der Waals surface area contributed by atoms with E-state index in [0.717, 1.165) is 10.9 Å². The zero-order valence-electron chi connectivity index (χ0n) is 8.60. The predicted molar refractivity (Wildman–Crippen MR) is 59.6 cm³/mol.